The van der Waals surface area contributed by atoms with Crippen molar-refractivity contribution >= 4 is 0 Å². The summed E-state index contributed by atoms with van der Waals surface area (Å²) in [7, 11) is 0. The van der Waals surface area contributed by atoms with Gasteiger partial charge in [-0.3, -0.25) is 0 Å². The summed E-state index contributed by atoms with van der Waals surface area (Å²) in [5.41, 5.74) is 0. The van der Waals surface area contributed by atoms with Crippen LogP contribution in [-0.2, 0) is 0 Å². The van der Waals surface area contributed by atoms with Crippen LogP contribution in [0.1, 0.15) is 58.3 Å². The number of hydrogen-bond acceptors (Lipinski definition) is 1. The second-order valence-corrected chi connectivity index (χ2v) is 6.39. The molecule has 3 aliphatic carbocycles. The van der Waals surface area contributed by atoms with Gasteiger partial charge in [0.1, 0.15) is 0 Å². The van der Waals surface area contributed by atoms with E-state index in [1.807, 2.05) is 0 Å². The molecule has 3 rings (SSSR count). The zero-order valence-electron chi connectivity index (χ0n) is 10.8. The summed E-state index contributed by atoms with van der Waals surface area (Å²) in [5, 5.41) is 3.80. The van der Waals surface area contributed by atoms with Gasteiger partial charge in [-0.05, 0) is 49.5 Å². The fraction of sp³-hybridized carbons (Fsp3) is 1.00. The van der Waals surface area contributed by atoms with Crippen LogP contribution in [0.3, 0.4) is 0 Å². The molecule has 3 aliphatic rings. The third-order valence-corrected chi connectivity index (χ3v) is 5.47. The molecule has 0 spiro atoms. The first-order valence-corrected chi connectivity index (χ1v) is 7.63. The molecule has 0 aromatic heterocycles. The van der Waals surface area contributed by atoms with Crippen LogP contribution in [0.4, 0.5) is 0 Å². The van der Waals surface area contributed by atoms with Crippen molar-refractivity contribution in [3.05, 3.63) is 0 Å². The molecule has 0 aromatic carbocycles. The van der Waals surface area contributed by atoms with E-state index in [4.69, 9.17) is 0 Å². The minimum atomic E-state index is 0.878. The summed E-state index contributed by atoms with van der Waals surface area (Å²) in [4.78, 5) is 0. The molecule has 0 aromatic rings. The molecule has 16 heavy (non-hydrogen) atoms. The highest BCUT2D eigenvalue weighted by Crippen LogP contribution is 2.58. The maximum atomic E-state index is 3.80. The van der Waals surface area contributed by atoms with E-state index in [2.05, 4.69) is 12.2 Å². The van der Waals surface area contributed by atoms with E-state index in [9.17, 15) is 0 Å². The van der Waals surface area contributed by atoms with E-state index in [1.54, 1.807) is 12.8 Å². The van der Waals surface area contributed by atoms with Gasteiger partial charge >= 0.3 is 0 Å². The lowest BCUT2D eigenvalue weighted by Crippen LogP contribution is -2.35. The van der Waals surface area contributed by atoms with Crippen molar-refractivity contribution in [1.82, 2.24) is 5.32 Å². The topological polar surface area (TPSA) is 12.0 Å². The molecule has 0 aliphatic heterocycles. The SMILES string of the molecule is CCNC(CC1CCC1)C1C2CCCCC21. The van der Waals surface area contributed by atoms with Gasteiger partial charge in [0.25, 0.3) is 0 Å². The van der Waals surface area contributed by atoms with E-state index in [0.29, 0.717) is 0 Å². The Morgan fingerprint density at radius 1 is 1.00 bits per heavy atom. The fourth-order valence-corrected chi connectivity index (χ4v) is 4.37. The average Bonchev–Trinajstić information content (AvgIpc) is 2.96. The lowest BCUT2D eigenvalue weighted by atomic mass is 9.79. The zero-order valence-corrected chi connectivity index (χ0v) is 10.8. The summed E-state index contributed by atoms with van der Waals surface area (Å²) >= 11 is 0. The molecule has 1 nitrogen and oxygen atoms in total. The molecule has 0 bridgehead atoms. The molecule has 3 fully saturated rings. The Kier molecular flexibility index (Phi) is 3.24. The lowest BCUT2D eigenvalue weighted by Gasteiger charge is -2.30. The smallest absolute Gasteiger partial charge is 0.0103 e. The van der Waals surface area contributed by atoms with Crippen LogP contribution in [-0.4, -0.2) is 12.6 Å². The molecule has 1 heteroatoms. The van der Waals surface area contributed by atoms with E-state index in [-0.39, 0.29) is 0 Å². The van der Waals surface area contributed by atoms with E-state index in [1.165, 1.54) is 45.1 Å². The molecule has 1 N–H and O–H groups in total. The highest BCUT2D eigenvalue weighted by molar-refractivity contribution is 5.05. The van der Waals surface area contributed by atoms with Crippen molar-refractivity contribution in [2.24, 2.45) is 23.7 Å². The third-order valence-electron chi connectivity index (χ3n) is 5.47. The van der Waals surface area contributed by atoms with Crippen molar-refractivity contribution < 1.29 is 0 Å². The van der Waals surface area contributed by atoms with Crippen LogP contribution in [0.15, 0.2) is 0 Å². The Morgan fingerprint density at radius 3 is 2.19 bits per heavy atom. The minimum Gasteiger partial charge on any atom is -0.314 e. The first-order valence-electron chi connectivity index (χ1n) is 7.63. The van der Waals surface area contributed by atoms with Gasteiger partial charge in [0, 0.05) is 6.04 Å². The van der Waals surface area contributed by atoms with Gasteiger partial charge in [-0.15, -0.1) is 0 Å². The Bertz CT molecular complexity index is 222. The van der Waals surface area contributed by atoms with Crippen molar-refractivity contribution in [3.63, 3.8) is 0 Å². The number of rotatable bonds is 5. The summed E-state index contributed by atoms with van der Waals surface area (Å²) < 4.78 is 0. The van der Waals surface area contributed by atoms with Gasteiger partial charge in [-0.1, -0.05) is 39.0 Å². The van der Waals surface area contributed by atoms with Crippen LogP contribution in [0.25, 0.3) is 0 Å². The summed E-state index contributed by atoms with van der Waals surface area (Å²) in [6.45, 7) is 3.45. The molecular weight excluding hydrogens is 194 g/mol. The largest absolute Gasteiger partial charge is 0.314 e. The molecule has 3 unspecified atom stereocenters. The van der Waals surface area contributed by atoms with Crippen LogP contribution in [0, 0.1) is 23.7 Å². The average molecular weight is 221 g/mol. The highest BCUT2D eigenvalue weighted by atomic mass is 14.9. The Labute approximate surface area is 100 Å². The quantitative estimate of drug-likeness (QED) is 0.748. The summed E-state index contributed by atoms with van der Waals surface area (Å²) in [6.07, 6.45) is 12.1. The first-order chi connectivity index (χ1) is 7.90. The maximum absolute atomic E-state index is 3.80. The third kappa shape index (κ3) is 2.03. The number of hydrogen-bond donors (Lipinski definition) is 1. The second kappa shape index (κ2) is 4.68. The second-order valence-electron chi connectivity index (χ2n) is 6.39. The van der Waals surface area contributed by atoms with Crippen LogP contribution in [0.5, 0.6) is 0 Å². The van der Waals surface area contributed by atoms with Gasteiger partial charge in [-0.25, -0.2) is 0 Å². The summed E-state index contributed by atoms with van der Waals surface area (Å²) in [5.74, 6) is 4.39. The maximum Gasteiger partial charge on any atom is 0.0103 e. The van der Waals surface area contributed by atoms with Gasteiger partial charge in [0.2, 0.25) is 0 Å². The van der Waals surface area contributed by atoms with Crippen LogP contribution < -0.4 is 5.32 Å². The predicted octanol–water partition coefficient (Wildman–Crippen LogP) is 3.59. The van der Waals surface area contributed by atoms with Crippen LogP contribution in [0.2, 0.25) is 0 Å². The number of fused-ring (bicyclic) bond motifs is 1. The van der Waals surface area contributed by atoms with Crippen molar-refractivity contribution in [2.75, 3.05) is 6.54 Å². The van der Waals surface area contributed by atoms with E-state index in [0.717, 1.165) is 29.7 Å². The van der Waals surface area contributed by atoms with Crippen LogP contribution >= 0.6 is 0 Å². The monoisotopic (exact) mass is 221 g/mol. The van der Waals surface area contributed by atoms with Crippen molar-refractivity contribution in [3.8, 4) is 0 Å². The molecule has 3 atom stereocenters. The Morgan fingerprint density at radius 2 is 1.69 bits per heavy atom. The first kappa shape index (κ1) is 11.1. The molecular formula is C15H27N. The van der Waals surface area contributed by atoms with Crippen molar-refractivity contribution in [2.45, 2.75) is 64.3 Å². The zero-order chi connectivity index (χ0) is 11.0. The van der Waals surface area contributed by atoms with Gasteiger partial charge in [-0.2, -0.15) is 0 Å². The molecule has 0 saturated heterocycles. The molecule has 0 heterocycles. The Hall–Kier alpha value is -0.0400. The number of nitrogens with one attached hydrogen (secondary N) is 1. The lowest BCUT2D eigenvalue weighted by molar-refractivity contribution is 0.244. The molecule has 92 valence electrons. The van der Waals surface area contributed by atoms with Gasteiger partial charge in [0.05, 0.1) is 0 Å². The standard InChI is InChI=1S/C15H27N/c1-2-16-14(10-11-6-5-7-11)15-12-8-3-4-9-13(12)15/h11-16H,2-10H2,1H3. The van der Waals surface area contributed by atoms with Crippen molar-refractivity contribution in [1.29, 1.82) is 0 Å². The highest BCUT2D eigenvalue weighted by Gasteiger charge is 2.53. The van der Waals surface area contributed by atoms with E-state index >= 15 is 0 Å². The minimum absolute atomic E-state index is 0.878. The van der Waals surface area contributed by atoms with E-state index < -0.39 is 0 Å². The normalized spacial score (nSPS) is 39.9. The fourth-order valence-electron chi connectivity index (χ4n) is 4.37. The Balaban J connectivity index is 1.55. The summed E-state index contributed by atoms with van der Waals surface area (Å²) in [6, 6.07) is 0.878. The predicted molar refractivity (Wildman–Crippen MR) is 68.4 cm³/mol. The van der Waals surface area contributed by atoms with Gasteiger partial charge < -0.3 is 5.32 Å². The molecule has 3 saturated carbocycles. The molecule has 0 radical (unpaired) electrons. The van der Waals surface area contributed by atoms with Gasteiger partial charge in [0.15, 0.2) is 0 Å². The molecule has 0 amide bonds.